The Kier molecular flexibility index (Phi) is 6.01. The third kappa shape index (κ3) is 4.54. The molecule has 0 aliphatic carbocycles. The zero-order valence-corrected chi connectivity index (χ0v) is 15.7. The van der Waals surface area contributed by atoms with Crippen LogP contribution in [0.15, 0.2) is 66.9 Å². The van der Waals surface area contributed by atoms with Crippen LogP contribution in [0.1, 0.15) is 33.3 Å². The first-order valence-electron chi connectivity index (χ1n) is 8.91. The minimum Gasteiger partial charge on any atom is -0.465 e. The second kappa shape index (κ2) is 8.81. The number of benzene rings is 2. The van der Waals surface area contributed by atoms with Gasteiger partial charge < -0.3 is 15.4 Å². The lowest BCUT2D eigenvalue weighted by atomic mass is 10.1. The number of anilines is 3. The normalized spacial score (nSPS) is 10.2. The molecule has 0 fully saturated rings. The molecule has 0 saturated heterocycles. The molecule has 3 rings (SSSR count). The van der Waals surface area contributed by atoms with Crippen LogP contribution in [0, 0.1) is 0 Å². The first-order valence-corrected chi connectivity index (χ1v) is 8.91. The van der Waals surface area contributed by atoms with Gasteiger partial charge in [-0.2, -0.15) is 0 Å². The van der Waals surface area contributed by atoms with Crippen LogP contribution in [0.5, 0.6) is 0 Å². The molecule has 0 atom stereocenters. The number of aromatic nitrogens is 1. The number of pyridine rings is 1. The fraction of sp³-hybridized carbons (Fsp3) is 0.136. The molecule has 6 heteroatoms. The number of amides is 1. The smallest absolute Gasteiger partial charge is 0.337 e. The number of para-hydroxylation sites is 1. The van der Waals surface area contributed by atoms with Crippen molar-refractivity contribution in [2.24, 2.45) is 0 Å². The fourth-order valence-electron chi connectivity index (χ4n) is 2.71. The van der Waals surface area contributed by atoms with E-state index in [1.807, 2.05) is 24.3 Å². The number of aryl methyl sites for hydroxylation is 1. The van der Waals surface area contributed by atoms with E-state index < -0.39 is 5.97 Å². The minimum atomic E-state index is -0.424. The molecule has 0 saturated carbocycles. The number of hydrogen-bond acceptors (Lipinski definition) is 5. The number of nitrogens with zero attached hydrogens (tertiary/aromatic N) is 1. The third-order valence-electron chi connectivity index (χ3n) is 4.24. The topological polar surface area (TPSA) is 80.3 Å². The minimum absolute atomic E-state index is 0.298. The van der Waals surface area contributed by atoms with Gasteiger partial charge in [-0.05, 0) is 54.4 Å². The number of carbonyl (C=O) groups is 2. The maximum Gasteiger partial charge on any atom is 0.337 e. The quantitative estimate of drug-likeness (QED) is 0.623. The molecule has 142 valence electrons. The van der Waals surface area contributed by atoms with Crippen LogP contribution in [0.3, 0.4) is 0 Å². The van der Waals surface area contributed by atoms with Crippen molar-refractivity contribution in [3.8, 4) is 0 Å². The van der Waals surface area contributed by atoms with Gasteiger partial charge in [0.05, 0.1) is 24.6 Å². The summed E-state index contributed by atoms with van der Waals surface area (Å²) in [6.07, 6.45) is 2.55. The molecule has 0 unspecified atom stereocenters. The molecule has 28 heavy (non-hydrogen) atoms. The van der Waals surface area contributed by atoms with Gasteiger partial charge in [0.2, 0.25) is 0 Å². The van der Waals surface area contributed by atoms with E-state index in [1.165, 1.54) is 12.7 Å². The Balaban J connectivity index is 1.66. The molecule has 1 amide bonds. The Morgan fingerprint density at radius 3 is 2.32 bits per heavy atom. The second-order valence-electron chi connectivity index (χ2n) is 6.09. The van der Waals surface area contributed by atoms with Crippen molar-refractivity contribution in [2.75, 3.05) is 17.7 Å². The Labute approximate surface area is 163 Å². The van der Waals surface area contributed by atoms with Crippen molar-refractivity contribution in [1.82, 2.24) is 4.98 Å². The average Bonchev–Trinajstić information content (AvgIpc) is 2.74. The van der Waals surface area contributed by atoms with E-state index in [2.05, 4.69) is 33.3 Å². The molecule has 0 spiro atoms. The summed E-state index contributed by atoms with van der Waals surface area (Å²) in [6, 6.07) is 18.0. The first-order chi connectivity index (χ1) is 13.6. The van der Waals surface area contributed by atoms with Crippen molar-refractivity contribution in [1.29, 1.82) is 0 Å². The Hall–Kier alpha value is -3.67. The molecule has 0 bridgehead atoms. The number of hydrogen-bond donors (Lipinski definition) is 2. The van der Waals surface area contributed by atoms with Crippen LogP contribution >= 0.6 is 0 Å². The average molecular weight is 375 g/mol. The lowest BCUT2D eigenvalue weighted by molar-refractivity contribution is 0.0600. The highest BCUT2D eigenvalue weighted by Crippen LogP contribution is 2.21. The van der Waals surface area contributed by atoms with E-state index in [0.717, 1.165) is 17.8 Å². The fourth-order valence-corrected chi connectivity index (χ4v) is 2.71. The monoisotopic (exact) mass is 375 g/mol. The second-order valence-corrected chi connectivity index (χ2v) is 6.09. The van der Waals surface area contributed by atoms with E-state index in [9.17, 15) is 9.59 Å². The van der Waals surface area contributed by atoms with Crippen molar-refractivity contribution >= 4 is 28.9 Å². The van der Waals surface area contributed by atoms with Gasteiger partial charge >= 0.3 is 5.97 Å². The summed E-state index contributed by atoms with van der Waals surface area (Å²) in [5.41, 5.74) is 4.32. The molecule has 2 N–H and O–H groups in total. The van der Waals surface area contributed by atoms with Gasteiger partial charge in [0.25, 0.3) is 5.91 Å². The van der Waals surface area contributed by atoms with Gasteiger partial charge in [0.1, 0.15) is 5.69 Å². The molecule has 3 aromatic rings. The van der Waals surface area contributed by atoms with Crippen molar-refractivity contribution in [3.05, 3.63) is 83.7 Å². The summed E-state index contributed by atoms with van der Waals surface area (Å²) in [5, 5.41) is 6.08. The molecular formula is C22H21N3O3. The van der Waals surface area contributed by atoms with Crippen LogP contribution in [0.4, 0.5) is 17.1 Å². The van der Waals surface area contributed by atoms with E-state index >= 15 is 0 Å². The predicted octanol–water partition coefficient (Wildman–Crippen LogP) is 4.43. The molecule has 2 aromatic carbocycles. The lowest BCUT2D eigenvalue weighted by Crippen LogP contribution is -2.13. The van der Waals surface area contributed by atoms with Gasteiger partial charge in [0, 0.05) is 11.4 Å². The summed E-state index contributed by atoms with van der Waals surface area (Å²) in [5.74, 6) is -0.751. The van der Waals surface area contributed by atoms with Gasteiger partial charge in [-0.1, -0.05) is 25.1 Å². The van der Waals surface area contributed by atoms with Gasteiger partial charge in [-0.15, -0.1) is 0 Å². The highest BCUT2D eigenvalue weighted by molar-refractivity contribution is 6.03. The standard InChI is InChI=1S/C22H21N3O3/c1-3-15-6-4-5-7-19(15)24-18-12-13-20(23-14-18)21(26)25-17-10-8-16(9-11-17)22(27)28-2/h4-14,24H,3H2,1-2H3,(H,25,26). The maximum atomic E-state index is 12.4. The number of rotatable bonds is 6. The van der Waals surface area contributed by atoms with Crippen LogP contribution in [-0.4, -0.2) is 24.0 Å². The van der Waals surface area contributed by atoms with Gasteiger partial charge in [-0.25, -0.2) is 9.78 Å². The summed E-state index contributed by atoms with van der Waals surface area (Å²) in [4.78, 5) is 28.1. The van der Waals surface area contributed by atoms with E-state index in [1.54, 1.807) is 36.5 Å². The van der Waals surface area contributed by atoms with Gasteiger partial charge in [-0.3, -0.25) is 4.79 Å². The van der Waals surface area contributed by atoms with Gasteiger partial charge in [0.15, 0.2) is 0 Å². The summed E-state index contributed by atoms with van der Waals surface area (Å²) >= 11 is 0. The van der Waals surface area contributed by atoms with Crippen LogP contribution in [0.2, 0.25) is 0 Å². The highest BCUT2D eigenvalue weighted by atomic mass is 16.5. The molecule has 1 heterocycles. The molecule has 0 aliphatic heterocycles. The number of methoxy groups -OCH3 is 1. The summed E-state index contributed by atoms with van der Waals surface area (Å²) < 4.78 is 4.65. The first kappa shape index (κ1) is 19.1. The van der Waals surface area contributed by atoms with Crippen molar-refractivity contribution < 1.29 is 14.3 Å². The van der Waals surface area contributed by atoms with E-state index in [4.69, 9.17) is 0 Å². The molecule has 1 aromatic heterocycles. The highest BCUT2D eigenvalue weighted by Gasteiger charge is 2.10. The lowest BCUT2D eigenvalue weighted by Gasteiger charge is -2.11. The van der Waals surface area contributed by atoms with E-state index in [0.29, 0.717) is 16.9 Å². The predicted molar refractivity (Wildman–Crippen MR) is 109 cm³/mol. The molecular weight excluding hydrogens is 354 g/mol. The van der Waals surface area contributed by atoms with Crippen LogP contribution in [-0.2, 0) is 11.2 Å². The van der Waals surface area contributed by atoms with Crippen molar-refractivity contribution in [3.63, 3.8) is 0 Å². The summed E-state index contributed by atoms with van der Waals surface area (Å²) in [7, 11) is 1.32. The molecule has 0 radical (unpaired) electrons. The summed E-state index contributed by atoms with van der Waals surface area (Å²) in [6.45, 7) is 2.10. The molecule has 6 nitrogen and oxygen atoms in total. The SMILES string of the molecule is CCc1ccccc1Nc1ccc(C(=O)Nc2ccc(C(=O)OC)cc2)nc1. The van der Waals surface area contributed by atoms with Crippen LogP contribution < -0.4 is 10.6 Å². The molecule has 0 aliphatic rings. The van der Waals surface area contributed by atoms with E-state index in [-0.39, 0.29) is 5.91 Å². The Morgan fingerprint density at radius 1 is 0.964 bits per heavy atom. The third-order valence-corrected chi connectivity index (χ3v) is 4.24. The van der Waals surface area contributed by atoms with Crippen molar-refractivity contribution in [2.45, 2.75) is 13.3 Å². The Bertz CT molecular complexity index is 967. The largest absolute Gasteiger partial charge is 0.465 e. The number of ether oxygens (including phenoxy) is 1. The maximum absolute atomic E-state index is 12.4. The zero-order chi connectivity index (χ0) is 19.9. The number of esters is 1. The van der Waals surface area contributed by atoms with Crippen LogP contribution in [0.25, 0.3) is 0 Å². The Morgan fingerprint density at radius 2 is 1.68 bits per heavy atom. The number of nitrogens with one attached hydrogen (secondary N) is 2. The number of carbonyl (C=O) groups excluding carboxylic acids is 2. The zero-order valence-electron chi connectivity index (χ0n) is 15.7.